The van der Waals surface area contributed by atoms with Gasteiger partial charge in [0.1, 0.15) is 11.3 Å². The van der Waals surface area contributed by atoms with E-state index in [1.54, 1.807) is 0 Å². The van der Waals surface area contributed by atoms with Crippen molar-refractivity contribution in [3.05, 3.63) is 64.4 Å². The molecule has 3 rings (SSSR count). The summed E-state index contributed by atoms with van der Waals surface area (Å²) in [5, 5.41) is 0.706. The maximum absolute atomic E-state index is 5.85. The van der Waals surface area contributed by atoms with Gasteiger partial charge in [-0.2, -0.15) is 0 Å². The Labute approximate surface area is 121 Å². The second-order valence-electron chi connectivity index (χ2n) is 4.35. The first kappa shape index (κ1) is 12.7. The van der Waals surface area contributed by atoms with Gasteiger partial charge in [0.2, 0.25) is 0 Å². The number of para-hydroxylation sites is 1. The van der Waals surface area contributed by atoms with E-state index in [0.29, 0.717) is 11.6 Å². The van der Waals surface area contributed by atoms with Crippen LogP contribution in [0.5, 0.6) is 0 Å². The van der Waals surface area contributed by atoms with E-state index in [4.69, 9.17) is 17.3 Å². The summed E-state index contributed by atoms with van der Waals surface area (Å²) in [7, 11) is 0. The predicted octanol–water partition coefficient (Wildman–Crippen LogP) is 3.07. The Hall–Kier alpha value is -2.28. The first-order chi connectivity index (χ1) is 9.76. The molecule has 0 unspecified atom stereocenters. The third-order valence-electron chi connectivity index (χ3n) is 2.94. The molecule has 0 aliphatic heterocycles. The third-order valence-corrected chi connectivity index (χ3v) is 3.19. The van der Waals surface area contributed by atoms with Crippen LogP contribution in [0, 0.1) is 11.8 Å². The largest absolute Gasteiger partial charge is 0.341 e. The first-order valence-electron chi connectivity index (χ1n) is 6.21. The van der Waals surface area contributed by atoms with Gasteiger partial charge in [0.15, 0.2) is 0 Å². The van der Waals surface area contributed by atoms with Crippen molar-refractivity contribution in [2.45, 2.75) is 6.54 Å². The first-order valence-corrected chi connectivity index (χ1v) is 6.59. The van der Waals surface area contributed by atoms with Gasteiger partial charge < -0.3 is 10.7 Å². The Bertz CT molecular complexity index is 807. The molecule has 3 N–H and O–H groups in total. The predicted molar refractivity (Wildman–Crippen MR) is 81.4 cm³/mol. The highest BCUT2D eigenvalue weighted by atomic mass is 35.5. The zero-order valence-electron chi connectivity index (χ0n) is 10.7. The van der Waals surface area contributed by atoms with Crippen LogP contribution in [0.1, 0.15) is 17.0 Å². The van der Waals surface area contributed by atoms with Gasteiger partial charge in [-0.1, -0.05) is 29.5 Å². The monoisotopic (exact) mass is 281 g/mol. The molecule has 1 heterocycles. The summed E-state index contributed by atoms with van der Waals surface area (Å²) >= 11 is 5.85. The van der Waals surface area contributed by atoms with Gasteiger partial charge in [0.05, 0.1) is 17.6 Å². The summed E-state index contributed by atoms with van der Waals surface area (Å²) in [5.74, 6) is 7.02. The second kappa shape index (κ2) is 5.38. The lowest BCUT2D eigenvalue weighted by Crippen LogP contribution is -1.97. The Morgan fingerprint density at radius 3 is 2.65 bits per heavy atom. The van der Waals surface area contributed by atoms with Crippen LogP contribution in [0.4, 0.5) is 0 Å². The van der Waals surface area contributed by atoms with Crippen molar-refractivity contribution in [3.8, 4) is 11.8 Å². The highest BCUT2D eigenvalue weighted by molar-refractivity contribution is 6.30. The number of nitrogens with two attached hydrogens (primary N) is 1. The molecular formula is C16H12ClN3. The average Bonchev–Trinajstić information content (AvgIpc) is 2.90. The van der Waals surface area contributed by atoms with Crippen LogP contribution in [-0.2, 0) is 6.54 Å². The standard InChI is InChI=1S/C16H12ClN3/c17-13-8-5-11(6-9-13)4-7-12-2-1-3-14-16(12)20-15(10-18)19-14/h1-3,5-6,8-9H,10,18H2,(H,19,20). The van der Waals surface area contributed by atoms with Crippen molar-refractivity contribution >= 4 is 22.6 Å². The van der Waals surface area contributed by atoms with E-state index in [0.717, 1.165) is 28.0 Å². The van der Waals surface area contributed by atoms with Gasteiger partial charge in [-0.25, -0.2) is 4.98 Å². The van der Waals surface area contributed by atoms with Crippen LogP contribution in [0.25, 0.3) is 11.0 Å². The fraction of sp³-hybridized carbons (Fsp3) is 0.0625. The van der Waals surface area contributed by atoms with Crippen molar-refractivity contribution < 1.29 is 0 Å². The SMILES string of the molecule is NCc1nc2c(C#Cc3ccc(Cl)cc3)cccc2[nH]1. The molecule has 0 aliphatic carbocycles. The number of halogens is 1. The van der Waals surface area contributed by atoms with Crippen molar-refractivity contribution in [2.24, 2.45) is 5.73 Å². The summed E-state index contributed by atoms with van der Waals surface area (Å²) in [5.41, 5.74) is 9.21. The van der Waals surface area contributed by atoms with E-state index >= 15 is 0 Å². The Kier molecular flexibility index (Phi) is 3.42. The number of benzene rings is 2. The number of rotatable bonds is 1. The van der Waals surface area contributed by atoms with Gasteiger partial charge in [0.25, 0.3) is 0 Å². The summed E-state index contributed by atoms with van der Waals surface area (Å²) in [6.45, 7) is 0.388. The molecular weight excluding hydrogens is 270 g/mol. The summed E-state index contributed by atoms with van der Waals surface area (Å²) in [4.78, 5) is 7.62. The molecule has 0 bridgehead atoms. The molecule has 0 saturated carbocycles. The molecule has 3 aromatic rings. The van der Waals surface area contributed by atoms with E-state index in [-0.39, 0.29) is 0 Å². The van der Waals surface area contributed by atoms with Crippen LogP contribution in [0.2, 0.25) is 5.02 Å². The quantitative estimate of drug-likeness (QED) is 0.674. The molecule has 4 heteroatoms. The number of aromatic nitrogens is 2. The summed E-state index contributed by atoms with van der Waals surface area (Å²) < 4.78 is 0. The molecule has 2 aromatic carbocycles. The molecule has 98 valence electrons. The Morgan fingerprint density at radius 2 is 1.90 bits per heavy atom. The third kappa shape index (κ3) is 2.53. The van der Waals surface area contributed by atoms with Gasteiger partial charge in [-0.3, -0.25) is 0 Å². The maximum atomic E-state index is 5.85. The number of hydrogen-bond acceptors (Lipinski definition) is 2. The van der Waals surface area contributed by atoms with E-state index in [9.17, 15) is 0 Å². The molecule has 20 heavy (non-hydrogen) atoms. The van der Waals surface area contributed by atoms with E-state index < -0.39 is 0 Å². The number of nitrogens with zero attached hydrogens (tertiary/aromatic N) is 1. The lowest BCUT2D eigenvalue weighted by molar-refractivity contribution is 0.958. The summed E-state index contributed by atoms with van der Waals surface area (Å²) in [6, 6.07) is 13.3. The smallest absolute Gasteiger partial charge is 0.121 e. The number of hydrogen-bond donors (Lipinski definition) is 2. The molecule has 0 aliphatic rings. The number of imidazole rings is 1. The normalized spacial score (nSPS) is 10.3. The summed E-state index contributed by atoms with van der Waals surface area (Å²) in [6.07, 6.45) is 0. The molecule has 1 aromatic heterocycles. The highest BCUT2D eigenvalue weighted by Crippen LogP contribution is 2.16. The molecule has 0 fully saturated rings. The van der Waals surface area contributed by atoms with Gasteiger partial charge in [-0.15, -0.1) is 0 Å². The topological polar surface area (TPSA) is 54.7 Å². The number of fused-ring (bicyclic) bond motifs is 1. The molecule has 0 radical (unpaired) electrons. The van der Waals surface area contributed by atoms with Crippen molar-refractivity contribution in [2.75, 3.05) is 0 Å². The van der Waals surface area contributed by atoms with Crippen molar-refractivity contribution in [1.82, 2.24) is 9.97 Å². The van der Waals surface area contributed by atoms with Gasteiger partial charge in [0, 0.05) is 10.6 Å². The zero-order valence-corrected chi connectivity index (χ0v) is 11.4. The molecule has 0 atom stereocenters. The van der Waals surface area contributed by atoms with Crippen LogP contribution in [-0.4, -0.2) is 9.97 Å². The van der Waals surface area contributed by atoms with Gasteiger partial charge in [-0.05, 0) is 36.4 Å². The second-order valence-corrected chi connectivity index (χ2v) is 4.78. The minimum Gasteiger partial charge on any atom is -0.341 e. The van der Waals surface area contributed by atoms with Crippen molar-refractivity contribution in [1.29, 1.82) is 0 Å². The fourth-order valence-electron chi connectivity index (χ4n) is 1.95. The van der Waals surface area contributed by atoms with Crippen LogP contribution >= 0.6 is 11.6 Å². The Morgan fingerprint density at radius 1 is 1.10 bits per heavy atom. The number of aromatic amines is 1. The van der Waals surface area contributed by atoms with Crippen LogP contribution in [0.3, 0.4) is 0 Å². The molecule has 0 amide bonds. The van der Waals surface area contributed by atoms with E-state index in [2.05, 4.69) is 21.8 Å². The zero-order chi connectivity index (χ0) is 13.9. The number of nitrogens with one attached hydrogen (secondary N) is 1. The number of H-pyrrole nitrogens is 1. The average molecular weight is 282 g/mol. The van der Waals surface area contributed by atoms with Crippen LogP contribution in [0.15, 0.2) is 42.5 Å². The molecule has 0 saturated heterocycles. The molecule has 0 spiro atoms. The Balaban J connectivity index is 2.03. The van der Waals surface area contributed by atoms with Crippen LogP contribution < -0.4 is 5.73 Å². The maximum Gasteiger partial charge on any atom is 0.121 e. The lowest BCUT2D eigenvalue weighted by Gasteiger charge is -1.93. The lowest BCUT2D eigenvalue weighted by atomic mass is 10.1. The molecule has 3 nitrogen and oxygen atoms in total. The fourth-order valence-corrected chi connectivity index (χ4v) is 2.08. The van der Waals surface area contributed by atoms with E-state index in [1.807, 2.05) is 42.5 Å². The van der Waals surface area contributed by atoms with Gasteiger partial charge >= 0.3 is 0 Å². The minimum atomic E-state index is 0.388. The minimum absolute atomic E-state index is 0.388. The van der Waals surface area contributed by atoms with E-state index in [1.165, 1.54) is 0 Å². The van der Waals surface area contributed by atoms with Crippen molar-refractivity contribution in [3.63, 3.8) is 0 Å². The highest BCUT2D eigenvalue weighted by Gasteiger charge is 2.04.